The lowest BCUT2D eigenvalue weighted by molar-refractivity contribution is -0.122. The van der Waals surface area contributed by atoms with Crippen LogP contribution >= 0.6 is 0 Å². The van der Waals surface area contributed by atoms with Crippen LogP contribution in [0.4, 0.5) is 5.69 Å². The number of sulfonamides is 1. The summed E-state index contributed by atoms with van der Waals surface area (Å²) in [4.78, 5) is 12.6. The highest BCUT2D eigenvalue weighted by molar-refractivity contribution is 7.89. The highest BCUT2D eigenvalue weighted by Gasteiger charge is 2.22. The van der Waals surface area contributed by atoms with E-state index in [1.54, 1.807) is 32.9 Å². The Labute approximate surface area is 167 Å². The average molecular weight is 405 g/mol. The van der Waals surface area contributed by atoms with Crippen LogP contribution in [0.3, 0.4) is 0 Å². The van der Waals surface area contributed by atoms with E-state index in [0.717, 1.165) is 11.1 Å². The predicted molar refractivity (Wildman–Crippen MR) is 111 cm³/mol. The van der Waals surface area contributed by atoms with E-state index in [2.05, 4.69) is 5.32 Å². The molecule has 2 aromatic carbocycles. The van der Waals surface area contributed by atoms with Crippen molar-refractivity contribution in [3.05, 3.63) is 53.6 Å². The van der Waals surface area contributed by atoms with Crippen LogP contribution in [-0.2, 0) is 14.8 Å². The summed E-state index contributed by atoms with van der Waals surface area (Å²) in [5, 5.41) is 2.76. The third kappa shape index (κ3) is 4.91. The maximum Gasteiger partial charge on any atom is 0.265 e. The van der Waals surface area contributed by atoms with Crippen molar-refractivity contribution < 1.29 is 17.9 Å². The van der Waals surface area contributed by atoms with Gasteiger partial charge < -0.3 is 10.1 Å². The molecule has 0 spiro atoms. The molecule has 0 saturated carbocycles. The van der Waals surface area contributed by atoms with Crippen molar-refractivity contribution in [2.24, 2.45) is 0 Å². The van der Waals surface area contributed by atoms with Gasteiger partial charge in [0, 0.05) is 18.8 Å². The monoisotopic (exact) mass is 404 g/mol. The second-order valence-corrected chi connectivity index (χ2v) is 8.50. The number of hydrogen-bond donors (Lipinski definition) is 1. The van der Waals surface area contributed by atoms with Gasteiger partial charge in [-0.1, -0.05) is 26.0 Å². The lowest BCUT2D eigenvalue weighted by Gasteiger charge is -2.19. The van der Waals surface area contributed by atoms with Crippen molar-refractivity contribution in [3.8, 4) is 5.75 Å². The number of anilines is 1. The summed E-state index contributed by atoms with van der Waals surface area (Å²) in [6.07, 6.45) is -0.695. The molecule has 0 aromatic heterocycles. The maximum absolute atomic E-state index is 12.5. The number of hydrogen-bond acceptors (Lipinski definition) is 4. The molecule has 1 amide bonds. The Hall–Kier alpha value is -2.38. The van der Waals surface area contributed by atoms with Gasteiger partial charge in [0.05, 0.1) is 4.90 Å². The molecule has 0 unspecified atom stereocenters. The number of nitrogens with one attached hydrogen (secondary N) is 1. The summed E-state index contributed by atoms with van der Waals surface area (Å²) in [6.45, 7) is 10.0. The molecular formula is C21H28N2O4S. The molecule has 6 nitrogen and oxygen atoms in total. The summed E-state index contributed by atoms with van der Waals surface area (Å²) in [6, 6.07) is 11.9. The van der Waals surface area contributed by atoms with Crippen LogP contribution in [0.2, 0.25) is 0 Å². The van der Waals surface area contributed by atoms with Gasteiger partial charge in [-0.25, -0.2) is 8.42 Å². The molecule has 28 heavy (non-hydrogen) atoms. The Morgan fingerprint density at radius 2 is 1.68 bits per heavy atom. The molecule has 7 heteroatoms. The second kappa shape index (κ2) is 9.21. The molecule has 0 fully saturated rings. The minimum absolute atomic E-state index is 0.203. The molecule has 2 rings (SSSR count). The minimum Gasteiger partial charge on any atom is -0.481 e. The fraction of sp³-hybridized carbons (Fsp3) is 0.381. The number of rotatable bonds is 8. The molecule has 1 atom stereocenters. The van der Waals surface area contributed by atoms with Gasteiger partial charge in [0.25, 0.3) is 5.91 Å². The van der Waals surface area contributed by atoms with E-state index in [9.17, 15) is 13.2 Å². The Kier molecular flexibility index (Phi) is 7.21. The van der Waals surface area contributed by atoms with Crippen LogP contribution in [0, 0.1) is 13.8 Å². The van der Waals surface area contributed by atoms with Gasteiger partial charge in [-0.2, -0.15) is 4.31 Å². The summed E-state index contributed by atoms with van der Waals surface area (Å²) in [5.74, 6) is 0.364. The molecule has 0 aliphatic carbocycles. The average Bonchev–Trinajstić information content (AvgIpc) is 2.66. The molecule has 0 aliphatic heterocycles. The van der Waals surface area contributed by atoms with Crippen molar-refractivity contribution in [1.82, 2.24) is 4.31 Å². The van der Waals surface area contributed by atoms with E-state index in [1.807, 2.05) is 32.0 Å². The molecule has 0 bridgehead atoms. The number of nitrogens with zero attached hydrogens (tertiary/aromatic N) is 1. The van der Waals surface area contributed by atoms with Gasteiger partial charge in [0.2, 0.25) is 10.0 Å². The normalized spacial score (nSPS) is 12.6. The van der Waals surface area contributed by atoms with Crippen molar-refractivity contribution in [1.29, 1.82) is 0 Å². The summed E-state index contributed by atoms with van der Waals surface area (Å²) in [7, 11) is -3.52. The van der Waals surface area contributed by atoms with Gasteiger partial charge in [0.1, 0.15) is 5.75 Å². The van der Waals surface area contributed by atoms with Crippen LogP contribution in [-0.4, -0.2) is 37.8 Å². The van der Waals surface area contributed by atoms with Gasteiger partial charge in [-0.3, -0.25) is 4.79 Å². The van der Waals surface area contributed by atoms with Crippen LogP contribution in [0.1, 0.15) is 31.9 Å². The lowest BCUT2D eigenvalue weighted by Crippen LogP contribution is -2.31. The Morgan fingerprint density at radius 1 is 1.07 bits per heavy atom. The standard InChI is InChI=1S/C21H28N2O4S/c1-6-23(7-2)28(25,26)19-13-11-18(12-14-19)22-21(24)17(5)27-20-10-8-9-15(3)16(20)4/h8-14,17H,6-7H2,1-5H3,(H,22,24)/t17-/m0/s1. The molecule has 0 heterocycles. The summed E-state index contributed by atoms with van der Waals surface area (Å²) < 4.78 is 32.2. The van der Waals surface area contributed by atoms with Crippen molar-refractivity contribution in [2.45, 2.75) is 45.6 Å². The highest BCUT2D eigenvalue weighted by Crippen LogP contribution is 2.22. The lowest BCUT2D eigenvalue weighted by atomic mass is 10.1. The van der Waals surface area contributed by atoms with Crippen LogP contribution in [0.15, 0.2) is 47.4 Å². The number of carbonyl (C=O) groups is 1. The van der Waals surface area contributed by atoms with Crippen LogP contribution in [0.25, 0.3) is 0 Å². The second-order valence-electron chi connectivity index (χ2n) is 6.56. The number of carbonyl (C=O) groups excluding carboxylic acids is 1. The van der Waals surface area contributed by atoms with Crippen LogP contribution in [0.5, 0.6) is 5.75 Å². The van der Waals surface area contributed by atoms with E-state index >= 15 is 0 Å². The van der Waals surface area contributed by atoms with Gasteiger partial charge in [-0.05, 0) is 62.2 Å². The first kappa shape index (κ1) is 21.9. The van der Waals surface area contributed by atoms with Gasteiger partial charge >= 0.3 is 0 Å². The van der Waals surface area contributed by atoms with Crippen molar-refractivity contribution in [2.75, 3.05) is 18.4 Å². The first-order chi connectivity index (χ1) is 13.2. The first-order valence-corrected chi connectivity index (χ1v) is 10.8. The van der Waals surface area contributed by atoms with Crippen molar-refractivity contribution in [3.63, 3.8) is 0 Å². The topological polar surface area (TPSA) is 75.7 Å². The third-order valence-electron chi connectivity index (χ3n) is 4.69. The molecule has 1 N–H and O–H groups in total. The van der Waals surface area contributed by atoms with E-state index in [4.69, 9.17) is 4.74 Å². The molecule has 0 saturated heterocycles. The zero-order valence-corrected chi connectivity index (χ0v) is 17.8. The number of benzene rings is 2. The largest absolute Gasteiger partial charge is 0.481 e. The van der Waals surface area contributed by atoms with Gasteiger partial charge in [0.15, 0.2) is 6.10 Å². The third-order valence-corrected chi connectivity index (χ3v) is 6.76. The Morgan fingerprint density at radius 3 is 2.25 bits per heavy atom. The SMILES string of the molecule is CCN(CC)S(=O)(=O)c1ccc(NC(=O)[C@H](C)Oc2cccc(C)c2C)cc1. The smallest absolute Gasteiger partial charge is 0.265 e. The molecule has 0 aliphatic rings. The van der Waals surface area contributed by atoms with E-state index in [-0.39, 0.29) is 10.8 Å². The van der Waals surface area contributed by atoms with Gasteiger partial charge in [-0.15, -0.1) is 0 Å². The molecular weight excluding hydrogens is 376 g/mol. The maximum atomic E-state index is 12.5. The number of aryl methyl sites for hydroxylation is 1. The fourth-order valence-corrected chi connectivity index (χ4v) is 4.22. The Balaban J connectivity index is 2.07. The number of amides is 1. The fourth-order valence-electron chi connectivity index (χ4n) is 2.76. The molecule has 2 aromatic rings. The van der Waals surface area contributed by atoms with Crippen molar-refractivity contribution >= 4 is 21.6 Å². The van der Waals surface area contributed by atoms with E-state index in [1.165, 1.54) is 16.4 Å². The summed E-state index contributed by atoms with van der Waals surface area (Å²) >= 11 is 0. The zero-order valence-electron chi connectivity index (χ0n) is 17.0. The Bertz CT molecular complexity index is 920. The first-order valence-electron chi connectivity index (χ1n) is 9.34. The van der Waals surface area contributed by atoms with E-state index in [0.29, 0.717) is 24.5 Å². The molecule has 152 valence electrons. The van der Waals surface area contributed by atoms with Crippen LogP contribution < -0.4 is 10.1 Å². The molecule has 0 radical (unpaired) electrons. The number of ether oxygens (including phenoxy) is 1. The minimum atomic E-state index is -3.52. The summed E-state index contributed by atoms with van der Waals surface area (Å²) in [5.41, 5.74) is 2.60. The quantitative estimate of drug-likeness (QED) is 0.727. The van der Waals surface area contributed by atoms with E-state index < -0.39 is 16.1 Å². The zero-order chi connectivity index (χ0) is 20.9. The predicted octanol–water partition coefficient (Wildman–Crippen LogP) is 3.74. The highest BCUT2D eigenvalue weighted by atomic mass is 32.2.